The van der Waals surface area contributed by atoms with Gasteiger partial charge in [0.05, 0.1) is 21.8 Å². The van der Waals surface area contributed by atoms with E-state index in [9.17, 15) is 0 Å². The third-order valence-corrected chi connectivity index (χ3v) is 12.8. The molecule has 5 rings (SSSR count). The maximum Gasteiger partial charge on any atom is 0.119 e. The second kappa shape index (κ2) is 27.8. The van der Waals surface area contributed by atoms with Crippen molar-refractivity contribution in [1.82, 2.24) is 0 Å². The van der Waals surface area contributed by atoms with E-state index in [2.05, 4.69) is 214 Å². The number of rotatable bonds is 11. The minimum absolute atomic E-state index is 0.273. The van der Waals surface area contributed by atoms with Gasteiger partial charge in [-0.15, -0.1) is 0 Å². The molecular weight excluding hydrogens is 757 g/mol. The molecular formula is C58H88O2Si. The number of benzene rings is 5. The van der Waals surface area contributed by atoms with Crippen LogP contribution in [0.5, 0.6) is 11.5 Å². The van der Waals surface area contributed by atoms with Crippen molar-refractivity contribution in [3.8, 4) is 11.5 Å². The smallest absolute Gasteiger partial charge is 0.119 e. The monoisotopic (exact) mass is 845 g/mol. The summed E-state index contributed by atoms with van der Waals surface area (Å²) in [4.78, 5) is 0. The molecule has 0 aromatic heterocycles. The van der Waals surface area contributed by atoms with Gasteiger partial charge in [0, 0.05) is 0 Å². The molecule has 0 atom stereocenters. The van der Waals surface area contributed by atoms with Crippen LogP contribution in [0.15, 0.2) is 121 Å². The summed E-state index contributed by atoms with van der Waals surface area (Å²) in [5.41, 5.74) is 10.1. The molecule has 0 aliphatic carbocycles. The fourth-order valence-electron chi connectivity index (χ4n) is 6.21. The van der Waals surface area contributed by atoms with Crippen molar-refractivity contribution in [2.75, 3.05) is 13.7 Å². The van der Waals surface area contributed by atoms with Crippen LogP contribution in [0, 0.1) is 0 Å². The molecule has 0 unspecified atom stereocenters. The van der Waals surface area contributed by atoms with E-state index in [0.717, 1.165) is 18.1 Å². The molecule has 0 amide bonds. The predicted octanol–water partition coefficient (Wildman–Crippen LogP) is 17.3. The first-order chi connectivity index (χ1) is 28.5. The van der Waals surface area contributed by atoms with E-state index >= 15 is 0 Å². The SMILES string of the molecule is CC(C)c1ccc(C(C)(C)C)cc1.CC(C)c1ccc([Si](C)(C)C)cc1.CCCc1ccc(C(C)C)cc1.CCOc1cccc(C(C)C)c1.COc1ccc(C(C)C)cc1. The number of hydrogen-bond acceptors (Lipinski definition) is 2. The van der Waals surface area contributed by atoms with Crippen LogP contribution in [0.4, 0.5) is 0 Å². The minimum Gasteiger partial charge on any atom is -0.497 e. The normalized spacial score (nSPS) is 11.1. The van der Waals surface area contributed by atoms with Crippen molar-refractivity contribution in [3.05, 3.63) is 160 Å². The van der Waals surface area contributed by atoms with E-state index in [1.54, 1.807) is 12.3 Å². The topological polar surface area (TPSA) is 18.5 Å². The maximum absolute atomic E-state index is 5.40. The van der Waals surface area contributed by atoms with Gasteiger partial charge in [-0.1, -0.05) is 225 Å². The maximum atomic E-state index is 5.40. The van der Waals surface area contributed by atoms with Gasteiger partial charge in [-0.3, -0.25) is 0 Å². The molecule has 5 aromatic carbocycles. The molecule has 0 aliphatic heterocycles. The van der Waals surface area contributed by atoms with Crippen molar-refractivity contribution in [3.63, 3.8) is 0 Å². The number of aryl methyl sites for hydroxylation is 1. The Labute approximate surface area is 378 Å². The molecule has 0 spiro atoms. The van der Waals surface area contributed by atoms with E-state index in [-0.39, 0.29) is 5.41 Å². The molecule has 0 saturated heterocycles. The molecule has 61 heavy (non-hydrogen) atoms. The van der Waals surface area contributed by atoms with Crippen molar-refractivity contribution >= 4 is 13.3 Å². The van der Waals surface area contributed by atoms with E-state index in [4.69, 9.17) is 9.47 Å². The molecule has 0 N–H and O–H groups in total. The van der Waals surface area contributed by atoms with Crippen LogP contribution in [0.3, 0.4) is 0 Å². The number of ether oxygens (including phenoxy) is 2. The van der Waals surface area contributed by atoms with Crippen molar-refractivity contribution in [1.29, 1.82) is 0 Å². The van der Waals surface area contributed by atoms with Gasteiger partial charge in [0.25, 0.3) is 0 Å². The third kappa shape index (κ3) is 22.0. The molecule has 3 heteroatoms. The molecule has 2 nitrogen and oxygen atoms in total. The van der Waals surface area contributed by atoms with Crippen molar-refractivity contribution in [2.24, 2.45) is 0 Å². The summed E-state index contributed by atoms with van der Waals surface area (Å²) in [6, 6.07) is 43.6. The molecule has 0 radical (unpaired) electrons. The van der Waals surface area contributed by atoms with Crippen LogP contribution < -0.4 is 14.7 Å². The number of methoxy groups -OCH3 is 1. The van der Waals surface area contributed by atoms with Gasteiger partial charge in [-0.2, -0.15) is 0 Å². The molecule has 0 heterocycles. The first kappa shape index (κ1) is 54.9. The highest BCUT2D eigenvalue weighted by Crippen LogP contribution is 2.25. The highest BCUT2D eigenvalue weighted by atomic mass is 28.3. The molecule has 336 valence electrons. The average molecular weight is 845 g/mol. The average Bonchev–Trinajstić information content (AvgIpc) is 3.22. The predicted molar refractivity (Wildman–Crippen MR) is 276 cm³/mol. The largest absolute Gasteiger partial charge is 0.497 e. The van der Waals surface area contributed by atoms with E-state index < -0.39 is 8.07 Å². The number of hydrogen-bond donors (Lipinski definition) is 0. The lowest BCUT2D eigenvalue weighted by molar-refractivity contribution is 0.340. The summed E-state index contributed by atoms with van der Waals surface area (Å²) in [5.74, 6) is 5.01. The highest BCUT2D eigenvalue weighted by Gasteiger charge is 2.16. The summed E-state index contributed by atoms with van der Waals surface area (Å²) in [7, 11) is 0.594. The van der Waals surface area contributed by atoms with E-state index in [0.29, 0.717) is 29.6 Å². The van der Waals surface area contributed by atoms with Gasteiger partial charge in [0.2, 0.25) is 0 Å². The Morgan fingerprint density at radius 1 is 0.475 bits per heavy atom. The minimum atomic E-state index is -1.09. The lowest BCUT2D eigenvalue weighted by Crippen LogP contribution is -2.37. The van der Waals surface area contributed by atoms with E-state index in [1.165, 1.54) is 51.8 Å². The van der Waals surface area contributed by atoms with Crippen LogP contribution in [0.1, 0.15) is 179 Å². The Morgan fingerprint density at radius 2 is 0.869 bits per heavy atom. The Bertz CT molecular complexity index is 1790. The second-order valence-corrected chi connectivity index (χ2v) is 24.9. The summed E-state index contributed by atoms with van der Waals surface area (Å²) < 4.78 is 10.4. The summed E-state index contributed by atoms with van der Waals surface area (Å²) >= 11 is 0. The fraction of sp³-hybridized carbons (Fsp3) is 0.483. The van der Waals surface area contributed by atoms with Crippen LogP contribution in [-0.4, -0.2) is 21.8 Å². The zero-order valence-corrected chi connectivity index (χ0v) is 43.4. The first-order valence-corrected chi connectivity index (χ1v) is 26.7. The lowest BCUT2D eigenvalue weighted by Gasteiger charge is -2.19. The van der Waals surface area contributed by atoms with Gasteiger partial charge in [-0.25, -0.2) is 0 Å². The van der Waals surface area contributed by atoms with Crippen LogP contribution in [-0.2, 0) is 11.8 Å². The molecule has 0 bridgehead atoms. The lowest BCUT2D eigenvalue weighted by atomic mass is 9.86. The van der Waals surface area contributed by atoms with Crippen molar-refractivity contribution in [2.45, 2.75) is 171 Å². The van der Waals surface area contributed by atoms with Gasteiger partial charge in [0.1, 0.15) is 11.5 Å². The highest BCUT2D eigenvalue weighted by molar-refractivity contribution is 6.88. The van der Waals surface area contributed by atoms with E-state index in [1.807, 2.05) is 31.2 Å². The standard InChI is InChI=1S/C13H20.C12H20Si.C12H18.C11H16O.C10H14O/c2*1-10(2)11-6-8-12(9-7-11)13(3,4)5;1-4-5-11-6-8-12(9-7-11)10(2)3;1-4-12-11-7-5-6-10(8-11)9(2)3;1-8(2)9-4-6-10(11-3)7-5-9/h2*6-10H,1-5H3;6-10H,4-5H2,1-3H3;5-9H,4H2,1-3H3;4-8H,1-3H3. The Balaban J connectivity index is 0.000000382. The van der Waals surface area contributed by atoms with Crippen LogP contribution in [0.25, 0.3) is 0 Å². The molecule has 0 aliphatic rings. The molecule has 5 aromatic rings. The Morgan fingerprint density at radius 3 is 1.21 bits per heavy atom. The second-order valence-electron chi connectivity index (χ2n) is 19.8. The molecule has 0 fully saturated rings. The summed E-state index contributed by atoms with van der Waals surface area (Å²) in [6.07, 6.45) is 2.44. The van der Waals surface area contributed by atoms with Crippen LogP contribution in [0.2, 0.25) is 19.6 Å². The first-order valence-electron chi connectivity index (χ1n) is 23.2. The van der Waals surface area contributed by atoms with Gasteiger partial charge in [0.15, 0.2) is 0 Å². The zero-order chi connectivity index (χ0) is 46.3. The van der Waals surface area contributed by atoms with Crippen LogP contribution >= 0.6 is 0 Å². The third-order valence-electron chi connectivity index (χ3n) is 10.7. The fourth-order valence-corrected chi connectivity index (χ4v) is 7.38. The summed E-state index contributed by atoms with van der Waals surface area (Å²) in [5, 5.41) is 1.55. The Hall–Kier alpha value is -4.08. The zero-order valence-electron chi connectivity index (χ0n) is 42.4. The Kier molecular flexibility index (Phi) is 25.0. The molecule has 0 saturated carbocycles. The van der Waals surface area contributed by atoms with Gasteiger partial charge < -0.3 is 9.47 Å². The quantitative estimate of drug-likeness (QED) is 0.123. The summed E-state index contributed by atoms with van der Waals surface area (Å²) in [6.45, 7) is 41.0. The van der Waals surface area contributed by atoms with Crippen molar-refractivity contribution < 1.29 is 9.47 Å². The van der Waals surface area contributed by atoms with Gasteiger partial charge in [-0.05, 0) is 112 Å². The van der Waals surface area contributed by atoms with Gasteiger partial charge >= 0.3 is 0 Å².